The van der Waals surface area contributed by atoms with Crippen LogP contribution in [0.3, 0.4) is 0 Å². The van der Waals surface area contributed by atoms with Gasteiger partial charge in [0.25, 0.3) is 0 Å². The van der Waals surface area contributed by atoms with Gasteiger partial charge in [-0.2, -0.15) is 0 Å². The van der Waals surface area contributed by atoms with Crippen molar-refractivity contribution in [1.82, 2.24) is 0 Å². The van der Waals surface area contributed by atoms with E-state index in [2.05, 4.69) is 246 Å². The van der Waals surface area contributed by atoms with Gasteiger partial charge in [0, 0.05) is 52.0 Å². The van der Waals surface area contributed by atoms with E-state index in [1.807, 2.05) is 0 Å². The van der Waals surface area contributed by atoms with Gasteiger partial charge in [0.05, 0.1) is 8.07 Å². The molecule has 0 saturated carbocycles. The largest absolute Gasteiger partial charge is 0.311 e. The first-order chi connectivity index (χ1) is 31.4. The summed E-state index contributed by atoms with van der Waals surface area (Å²) in [6.45, 7) is 10.1. The molecule has 9 heteroatoms. The quantitative estimate of drug-likeness (QED) is 0.129. The number of halogens is 4. The first-order valence-corrected chi connectivity index (χ1v) is 28.9. The zero-order valence-corrected chi connectivity index (χ0v) is 43.3. The molecule has 0 N–H and O–H groups in total. The molecule has 0 amide bonds. The lowest BCUT2D eigenvalue weighted by Crippen LogP contribution is -2.60. The van der Waals surface area contributed by atoms with Crippen LogP contribution in [0, 0.1) is 6.92 Å². The van der Waals surface area contributed by atoms with Gasteiger partial charge in [-0.25, -0.2) is 0 Å². The molecule has 0 spiro atoms. The van der Waals surface area contributed by atoms with Gasteiger partial charge in [0.15, 0.2) is 0 Å². The highest BCUT2D eigenvalue weighted by atomic mass is 79.9. The van der Waals surface area contributed by atoms with Crippen LogP contribution in [0.15, 0.2) is 163 Å². The predicted molar refractivity (Wildman–Crippen MR) is 298 cm³/mol. The Morgan fingerprint density at radius 2 is 0.846 bits per heavy atom. The molecule has 65 heavy (non-hydrogen) atoms. The summed E-state index contributed by atoms with van der Waals surface area (Å²) in [5.74, 6) is 0. The first kappa shape index (κ1) is 39.3. The van der Waals surface area contributed by atoms with Crippen molar-refractivity contribution in [1.29, 1.82) is 0 Å². The number of hydrogen-bond donors (Lipinski definition) is 0. The average molecular weight is 1110 g/mol. The van der Waals surface area contributed by atoms with E-state index in [0.29, 0.717) is 0 Å². The first-order valence-electron chi connectivity index (χ1n) is 22.2. The van der Waals surface area contributed by atoms with Crippen molar-refractivity contribution >= 4 is 190 Å². The number of aryl methyl sites for hydroxylation is 1. The van der Waals surface area contributed by atoms with Gasteiger partial charge in [0.2, 0.25) is 13.4 Å². The van der Waals surface area contributed by atoms with Crippen molar-refractivity contribution in [3.05, 3.63) is 169 Å². The third-order valence-electron chi connectivity index (χ3n) is 14.8. The molecule has 0 unspecified atom stereocenters. The van der Waals surface area contributed by atoms with Crippen LogP contribution in [0.1, 0.15) is 5.56 Å². The van der Waals surface area contributed by atoms with Gasteiger partial charge in [-0.1, -0.05) is 172 Å². The fourth-order valence-electron chi connectivity index (χ4n) is 12.4. The molecular weight excluding hydrogens is 1070 g/mol. The number of hydrogen-bond acceptors (Lipinski definition) is 2. The molecule has 4 heterocycles. The molecule has 0 aromatic heterocycles. The van der Waals surface area contributed by atoms with Crippen LogP contribution < -0.4 is 47.8 Å². The second-order valence-electron chi connectivity index (χ2n) is 19.4. The Balaban J connectivity index is 1.16. The number of benzene rings is 10. The number of anilines is 6. The summed E-state index contributed by atoms with van der Waals surface area (Å²) in [6.07, 6.45) is 0. The van der Waals surface area contributed by atoms with E-state index in [0.717, 1.165) is 29.3 Å². The predicted octanol–water partition coefficient (Wildman–Crippen LogP) is 13.0. The second kappa shape index (κ2) is 13.6. The molecule has 0 fully saturated rings. The monoisotopic (exact) mass is 1100 g/mol. The Bertz CT molecular complexity index is 3800. The standard InChI is InChI=1S/C56H36B2Br4N2Si/c1-29-19-37-39-20-32(61)24-48-55(39)58(43-18-16-31(60)23-47(43)63(48)34-11-7-5-8-12-34)45-27-41-50(65(2,3)4)28-38-40-21-33(62)25-49-56(40)57(44-26-36(29)53(51(37)45)54(41)52(38)44)42-17-15-30(59)22-46(42)64(49)35-13-9-6-10-14-35/h5-28H,1-4H3. The second-order valence-corrected chi connectivity index (χ2v) is 28.1. The van der Waals surface area contributed by atoms with Crippen molar-refractivity contribution in [2.75, 3.05) is 9.80 Å². The minimum atomic E-state index is -1.99. The number of rotatable bonds is 3. The maximum absolute atomic E-state index is 4.08. The van der Waals surface area contributed by atoms with Gasteiger partial charge < -0.3 is 9.80 Å². The summed E-state index contributed by atoms with van der Waals surface area (Å²) in [6, 6.07) is 55.6. The molecule has 0 bridgehead atoms. The molecule has 10 aromatic rings. The maximum Gasteiger partial charge on any atom is 0.248 e. The molecule has 10 aromatic carbocycles. The highest BCUT2D eigenvalue weighted by Crippen LogP contribution is 2.50. The Morgan fingerprint density at radius 1 is 0.400 bits per heavy atom. The van der Waals surface area contributed by atoms with Gasteiger partial charge >= 0.3 is 0 Å². The number of para-hydroxylation sites is 2. The molecule has 0 aliphatic carbocycles. The van der Waals surface area contributed by atoms with Crippen molar-refractivity contribution < 1.29 is 0 Å². The van der Waals surface area contributed by atoms with Crippen molar-refractivity contribution in [2.24, 2.45) is 0 Å². The van der Waals surface area contributed by atoms with E-state index in [4.69, 9.17) is 0 Å². The maximum atomic E-state index is 4.08. The summed E-state index contributed by atoms with van der Waals surface area (Å²) in [5.41, 5.74) is 22.1. The summed E-state index contributed by atoms with van der Waals surface area (Å²) < 4.78 is 4.33. The van der Waals surface area contributed by atoms with Gasteiger partial charge in [0.1, 0.15) is 0 Å². The Kier molecular flexibility index (Phi) is 8.22. The smallest absolute Gasteiger partial charge is 0.248 e. The van der Waals surface area contributed by atoms with Crippen LogP contribution >= 0.6 is 63.7 Å². The van der Waals surface area contributed by atoms with Crippen LogP contribution in [-0.2, 0) is 0 Å². The summed E-state index contributed by atoms with van der Waals surface area (Å²) in [4.78, 5) is 4.97. The van der Waals surface area contributed by atoms with E-state index >= 15 is 0 Å². The lowest BCUT2D eigenvalue weighted by atomic mass is 9.31. The van der Waals surface area contributed by atoms with E-state index in [1.165, 1.54) is 121 Å². The molecule has 14 rings (SSSR count). The van der Waals surface area contributed by atoms with E-state index in [1.54, 1.807) is 0 Å². The number of nitrogens with zero attached hydrogens (tertiary/aromatic N) is 2. The van der Waals surface area contributed by atoms with Gasteiger partial charge in [-0.3, -0.25) is 0 Å². The molecule has 0 radical (unpaired) electrons. The van der Waals surface area contributed by atoms with E-state index in [9.17, 15) is 0 Å². The fourth-order valence-corrected chi connectivity index (χ4v) is 15.6. The summed E-state index contributed by atoms with van der Waals surface area (Å²) in [7, 11) is -1.99. The van der Waals surface area contributed by atoms with E-state index in [-0.39, 0.29) is 13.4 Å². The van der Waals surface area contributed by atoms with Crippen LogP contribution in [0.4, 0.5) is 34.1 Å². The lowest BCUT2D eigenvalue weighted by Gasteiger charge is -2.42. The minimum Gasteiger partial charge on any atom is -0.311 e. The van der Waals surface area contributed by atoms with Crippen LogP contribution in [0.5, 0.6) is 0 Å². The lowest BCUT2D eigenvalue weighted by molar-refractivity contribution is 1.28. The van der Waals surface area contributed by atoms with Crippen LogP contribution in [0.25, 0.3) is 54.6 Å². The molecule has 2 nitrogen and oxygen atoms in total. The Morgan fingerprint density at radius 3 is 1.34 bits per heavy atom. The molecule has 0 saturated heterocycles. The van der Waals surface area contributed by atoms with Crippen LogP contribution in [-0.4, -0.2) is 21.5 Å². The van der Waals surface area contributed by atoms with Crippen molar-refractivity contribution in [2.45, 2.75) is 26.6 Å². The zero-order valence-electron chi connectivity index (χ0n) is 35.9. The third kappa shape index (κ3) is 5.28. The minimum absolute atomic E-state index is 0.0475. The normalized spacial score (nSPS) is 14.0. The summed E-state index contributed by atoms with van der Waals surface area (Å²) >= 11 is 16.0. The third-order valence-corrected chi connectivity index (χ3v) is 18.7. The Hall–Kier alpha value is -4.89. The molecule has 0 atom stereocenters. The Labute approximate surface area is 413 Å². The fraction of sp³-hybridized carbons (Fsp3) is 0.0714. The van der Waals surface area contributed by atoms with Gasteiger partial charge in [-0.15, -0.1) is 0 Å². The highest BCUT2D eigenvalue weighted by Gasteiger charge is 2.46. The van der Waals surface area contributed by atoms with Gasteiger partial charge in [-0.05, 0) is 162 Å². The molecule has 308 valence electrons. The molecule has 4 aliphatic heterocycles. The highest BCUT2D eigenvalue weighted by molar-refractivity contribution is 9.11. The topological polar surface area (TPSA) is 6.48 Å². The molecule has 4 aliphatic rings. The number of fused-ring (bicyclic) bond motifs is 8. The average Bonchev–Trinajstić information content (AvgIpc) is 3.28. The SMILES string of the molecule is Cc1cc2c3c(cc4c([Si](C)(C)C)cc5c6c(cc1c3c46)B1c3ccc(Br)cc3N(c3ccccc3)c3cc(Br)cc-5c31)B1c3ccc(Br)cc3N(c3ccccc3)c3cc(Br)cc-2c31. The van der Waals surface area contributed by atoms with E-state index < -0.39 is 8.07 Å². The van der Waals surface area contributed by atoms with Crippen molar-refractivity contribution in [3.8, 4) is 22.3 Å². The molecular formula is C56H36B2Br4N2Si. The van der Waals surface area contributed by atoms with Crippen molar-refractivity contribution in [3.63, 3.8) is 0 Å². The van der Waals surface area contributed by atoms with Crippen LogP contribution in [0.2, 0.25) is 19.6 Å². The zero-order chi connectivity index (χ0) is 43.9. The summed E-state index contributed by atoms with van der Waals surface area (Å²) in [5, 5.41) is 9.97.